The van der Waals surface area contributed by atoms with E-state index in [0.717, 1.165) is 34.8 Å². The normalized spacial score (nSPS) is 15.7. The van der Waals surface area contributed by atoms with Crippen molar-refractivity contribution in [2.24, 2.45) is 11.7 Å². The Morgan fingerprint density at radius 2 is 2.33 bits per heavy atom. The van der Waals surface area contributed by atoms with Gasteiger partial charge in [0.25, 0.3) is 0 Å². The predicted molar refractivity (Wildman–Crippen MR) is 86.2 cm³/mol. The lowest BCUT2D eigenvalue weighted by atomic mass is 10.1. The Morgan fingerprint density at radius 3 is 3.00 bits per heavy atom. The summed E-state index contributed by atoms with van der Waals surface area (Å²) >= 11 is 1.62. The number of aryl methyl sites for hydroxylation is 1. The topological polar surface area (TPSA) is 68.0 Å². The van der Waals surface area contributed by atoms with Gasteiger partial charge in [-0.2, -0.15) is 0 Å². The van der Waals surface area contributed by atoms with E-state index in [1.54, 1.807) is 11.3 Å². The minimum Gasteiger partial charge on any atom is -0.327 e. The monoisotopic (exact) mass is 301 g/mol. The summed E-state index contributed by atoms with van der Waals surface area (Å²) in [5, 5.41) is 5.99. The lowest BCUT2D eigenvalue weighted by Crippen LogP contribution is -2.28. The minimum absolute atomic E-state index is 0.00521. The van der Waals surface area contributed by atoms with Crippen molar-refractivity contribution in [2.45, 2.75) is 32.2 Å². The summed E-state index contributed by atoms with van der Waals surface area (Å²) in [6.45, 7) is 1.99. The molecule has 1 amide bonds. The van der Waals surface area contributed by atoms with Gasteiger partial charge in [-0.1, -0.05) is 12.1 Å². The first-order valence-corrected chi connectivity index (χ1v) is 8.08. The van der Waals surface area contributed by atoms with E-state index in [1.165, 1.54) is 0 Å². The number of benzene rings is 1. The Bertz CT molecular complexity index is 648. The molecule has 4 nitrogen and oxygen atoms in total. The van der Waals surface area contributed by atoms with Crippen molar-refractivity contribution in [1.29, 1.82) is 0 Å². The number of amides is 1. The highest BCUT2D eigenvalue weighted by molar-refractivity contribution is 7.09. The van der Waals surface area contributed by atoms with Crippen LogP contribution in [-0.2, 0) is 4.79 Å². The molecule has 1 aliphatic rings. The van der Waals surface area contributed by atoms with Crippen LogP contribution in [-0.4, -0.2) is 16.9 Å². The molecule has 5 heteroatoms. The molecule has 21 heavy (non-hydrogen) atoms. The number of hydrogen-bond acceptors (Lipinski definition) is 4. The molecular formula is C16H19N3OS. The molecule has 3 N–H and O–H groups in total. The highest BCUT2D eigenvalue weighted by Crippen LogP contribution is 2.33. The molecule has 1 saturated carbocycles. The molecule has 0 radical (unpaired) electrons. The van der Waals surface area contributed by atoms with E-state index in [-0.39, 0.29) is 11.9 Å². The highest BCUT2D eigenvalue weighted by Gasteiger charge is 2.29. The zero-order valence-corrected chi connectivity index (χ0v) is 12.8. The maximum absolute atomic E-state index is 12.0. The number of hydrogen-bond donors (Lipinski definition) is 2. The molecule has 3 rings (SSSR count). The van der Waals surface area contributed by atoms with E-state index in [0.29, 0.717) is 12.3 Å². The molecular weight excluding hydrogens is 282 g/mol. The molecule has 0 aliphatic heterocycles. The van der Waals surface area contributed by atoms with Crippen LogP contribution < -0.4 is 11.1 Å². The van der Waals surface area contributed by atoms with Crippen LogP contribution in [0.1, 0.15) is 24.3 Å². The van der Waals surface area contributed by atoms with E-state index in [2.05, 4.69) is 10.3 Å². The molecule has 110 valence electrons. The van der Waals surface area contributed by atoms with Crippen LogP contribution in [0.15, 0.2) is 29.6 Å². The van der Waals surface area contributed by atoms with Gasteiger partial charge in [0.05, 0.1) is 10.7 Å². The second-order valence-electron chi connectivity index (χ2n) is 5.59. The third kappa shape index (κ3) is 3.68. The lowest BCUT2D eigenvalue weighted by Gasteiger charge is -2.11. The average Bonchev–Trinajstić information content (AvgIpc) is 3.21. The number of nitrogens with two attached hydrogens (primary N) is 1. The molecule has 2 aromatic rings. The number of carbonyl (C=O) groups excluding carboxylic acids is 1. The minimum atomic E-state index is -0.0130. The van der Waals surface area contributed by atoms with E-state index in [9.17, 15) is 4.79 Å². The average molecular weight is 301 g/mol. The molecule has 0 spiro atoms. The Kier molecular flexibility index (Phi) is 4.03. The first-order valence-electron chi connectivity index (χ1n) is 7.20. The summed E-state index contributed by atoms with van der Waals surface area (Å²) in [5.41, 5.74) is 8.75. The Balaban J connectivity index is 1.66. The van der Waals surface area contributed by atoms with E-state index >= 15 is 0 Å². The lowest BCUT2D eigenvalue weighted by molar-refractivity contribution is -0.116. The van der Waals surface area contributed by atoms with Gasteiger partial charge in [0.1, 0.15) is 0 Å². The van der Waals surface area contributed by atoms with Crippen molar-refractivity contribution in [1.82, 2.24) is 4.98 Å². The Morgan fingerprint density at radius 1 is 1.52 bits per heavy atom. The summed E-state index contributed by atoms with van der Waals surface area (Å²) in [4.78, 5) is 16.5. The third-order valence-electron chi connectivity index (χ3n) is 3.71. The summed E-state index contributed by atoms with van der Waals surface area (Å²) in [6.07, 6.45) is 2.71. The van der Waals surface area contributed by atoms with Gasteiger partial charge in [-0.3, -0.25) is 4.79 Å². The van der Waals surface area contributed by atoms with E-state index < -0.39 is 0 Å². The number of carbonyl (C=O) groups is 1. The second kappa shape index (κ2) is 5.95. The number of anilines is 1. The first-order chi connectivity index (χ1) is 10.1. The molecule has 1 aliphatic carbocycles. The van der Waals surface area contributed by atoms with E-state index in [4.69, 9.17) is 5.73 Å². The maximum Gasteiger partial charge on any atom is 0.225 e. The summed E-state index contributed by atoms with van der Waals surface area (Å²) in [6, 6.07) is 7.77. The van der Waals surface area contributed by atoms with Crippen LogP contribution in [0.2, 0.25) is 0 Å². The summed E-state index contributed by atoms with van der Waals surface area (Å²) in [5.74, 6) is 0.529. The molecule has 1 heterocycles. The van der Waals surface area contributed by atoms with Crippen LogP contribution in [0, 0.1) is 12.8 Å². The number of nitrogens with zero attached hydrogens (tertiary/aromatic N) is 1. The predicted octanol–water partition coefficient (Wildman–Crippen LogP) is 3.18. The van der Waals surface area contributed by atoms with E-state index in [1.807, 2.05) is 36.6 Å². The fraction of sp³-hybridized carbons (Fsp3) is 0.375. The zero-order chi connectivity index (χ0) is 14.8. The van der Waals surface area contributed by atoms with Crippen molar-refractivity contribution in [3.05, 3.63) is 34.7 Å². The van der Waals surface area contributed by atoms with Crippen molar-refractivity contribution in [3.8, 4) is 11.3 Å². The van der Waals surface area contributed by atoms with Crippen molar-refractivity contribution in [3.63, 3.8) is 0 Å². The van der Waals surface area contributed by atoms with Gasteiger partial charge in [0.15, 0.2) is 0 Å². The summed E-state index contributed by atoms with van der Waals surface area (Å²) < 4.78 is 0. The molecule has 0 saturated heterocycles. The first kappa shape index (κ1) is 14.2. The van der Waals surface area contributed by atoms with Gasteiger partial charge in [0.2, 0.25) is 5.91 Å². The van der Waals surface area contributed by atoms with Crippen molar-refractivity contribution in [2.75, 3.05) is 5.32 Å². The van der Waals surface area contributed by atoms with Crippen molar-refractivity contribution < 1.29 is 4.79 Å². The number of aromatic nitrogens is 1. The standard InChI is InChI=1S/C16H19N3OS/c1-10-18-15(9-21-10)12-3-2-4-13(7-12)19-16(20)8-14(17)11-5-6-11/h2-4,7,9,11,14H,5-6,8,17H2,1H3,(H,19,20). The van der Waals surface area contributed by atoms with Crippen molar-refractivity contribution >= 4 is 22.9 Å². The molecule has 0 bridgehead atoms. The molecule has 1 atom stereocenters. The quantitative estimate of drug-likeness (QED) is 0.891. The van der Waals surface area contributed by atoms with Gasteiger partial charge >= 0.3 is 0 Å². The van der Waals surface area contributed by atoms with Gasteiger partial charge in [-0.05, 0) is 37.8 Å². The van der Waals surface area contributed by atoms with Crippen LogP contribution in [0.3, 0.4) is 0 Å². The number of nitrogens with one attached hydrogen (secondary N) is 1. The molecule has 1 unspecified atom stereocenters. The zero-order valence-electron chi connectivity index (χ0n) is 12.0. The molecule has 1 aromatic heterocycles. The maximum atomic E-state index is 12.0. The fourth-order valence-electron chi connectivity index (χ4n) is 2.37. The van der Waals surface area contributed by atoms with Gasteiger partial charge < -0.3 is 11.1 Å². The van der Waals surface area contributed by atoms with Gasteiger partial charge in [-0.15, -0.1) is 11.3 Å². The Labute approximate surface area is 128 Å². The smallest absolute Gasteiger partial charge is 0.225 e. The molecule has 1 fully saturated rings. The van der Waals surface area contributed by atoms with Crippen LogP contribution in [0.25, 0.3) is 11.3 Å². The van der Waals surface area contributed by atoms with Gasteiger partial charge in [0, 0.05) is 29.1 Å². The fourth-order valence-corrected chi connectivity index (χ4v) is 2.99. The SMILES string of the molecule is Cc1nc(-c2cccc(NC(=O)CC(N)C3CC3)c2)cs1. The number of thiazole rings is 1. The van der Waals surface area contributed by atoms with Crippen LogP contribution in [0.5, 0.6) is 0 Å². The number of rotatable bonds is 5. The molecule has 1 aromatic carbocycles. The third-order valence-corrected chi connectivity index (χ3v) is 4.48. The Hall–Kier alpha value is -1.72. The summed E-state index contributed by atoms with van der Waals surface area (Å²) in [7, 11) is 0. The van der Waals surface area contributed by atoms with Crippen LogP contribution >= 0.6 is 11.3 Å². The largest absolute Gasteiger partial charge is 0.327 e. The van der Waals surface area contributed by atoms with Gasteiger partial charge in [-0.25, -0.2) is 4.98 Å². The second-order valence-corrected chi connectivity index (χ2v) is 6.65. The van der Waals surface area contributed by atoms with Crippen LogP contribution in [0.4, 0.5) is 5.69 Å². The highest BCUT2D eigenvalue weighted by atomic mass is 32.1.